The van der Waals surface area contributed by atoms with Crippen LogP contribution in [-0.4, -0.2) is 5.78 Å². The average Bonchev–Trinajstić information content (AvgIpc) is 2.62. The first kappa shape index (κ1) is 14.3. The minimum Gasteiger partial charge on any atom is -0.289 e. The highest BCUT2D eigenvalue weighted by Gasteiger charge is 2.19. The van der Waals surface area contributed by atoms with E-state index in [0.717, 1.165) is 46.0 Å². The molecule has 0 spiro atoms. The van der Waals surface area contributed by atoms with Crippen LogP contribution in [0.2, 0.25) is 0 Å². The van der Waals surface area contributed by atoms with Gasteiger partial charge in [0.25, 0.3) is 0 Å². The van der Waals surface area contributed by atoms with E-state index >= 15 is 0 Å². The summed E-state index contributed by atoms with van der Waals surface area (Å²) in [4.78, 5) is 12.8. The Bertz CT molecular complexity index is 711. The second-order valence-electron chi connectivity index (χ2n) is 5.56. The van der Waals surface area contributed by atoms with Gasteiger partial charge in [-0.3, -0.25) is 4.79 Å². The predicted molar refractivity (Wildman–Crippen MR) is 90.6 cm³/mol. The summed E-state index contributed by atoms with van der Waals surface area (Å²) < 4.78 is 1.05. The van der Waals surface area contributed by atoms with Crippen LogP contribution in [0.4, 0.5) is 0 Å². The third-order valence-corrected chi connectivity index (χ3v) is 4.43. The number of halogens is 1. The summed E-state index contributed by atoms with van der Waals surface area (Å²) in [5.41, 5.74) is 5.21. The molecule has 21 heavy (non-hydrogen) atoms. The number of Topliss-reactive ketones (excluding diaryl/α,β-unsaturated/α-hetero) is 1. The lowest BCUT2D eigenvalue weighted by molar-refractivity contribution is 0.103. The number of carbonyl (C=O) groups excluding carboxylic acids is 1. The molecule has 0 fully saturated rings. The van der Waals surface area contributed by atoms with Crippen LogP contribution in [-0.2, 0) is 6.42 Å². The first-order valence-electron chi connectivity index (χ1n) is 7.24. The molecule has 3 rings (SSSR count). The molecule has 2 aromatic carbocycles. The van der Waals surface area contributed by atoms with E-state index in [2.05, 4.69) is 28.1 Å². The number of rotatable bonds is 1. The maximum absolute atomic E-state index is 12.8. The van der Waals surface area contributed by atoms with E-state index in [-0.39, 0.29) is 5.78 Å². The van der Waals surface area contributed by atoms with Gasteiger partial charge in [-0.05, 0) is 61.6 Å². The van der Waals surface area contributed by atoms with Crippen LogP contribution in [0.15, 0.2) is 52.5 Å². The van der Waals surface area contributed by atoms with Crippen molar-refractivity contribution < 1.29 is 4.79 Å². The van der Waals surface area contributed by atoms with E-state index in [4.69, 9.17) is 0 Å². The van der Waals surface area contributed by atoms with Crippen LogP contribution < -0.4 is 0 Å². The summed E-state index contributed by atoms with van der Waals surface area (Å²) in [6.07, 6.45) is 4.90. The highest BCUT2D eigenvalue weighted by atomic mass is 79.9. The molecular weight excluding hydrogens is 324 g/mol. The van der Waals surface area contributed by atoms with Gasteiger partial charge in [-0.25, -0.2) is 0 Å². The predicted octanol–water partition coefficient (Wildman–Crippen LogP) is 5.36. The number of allylic oxidation sites excluding steroid dienone is 1. The van der Waals surface area contributed by atoms with E-state index < -0.39 is 0 Å². The summed E-state index contributed by atoms with van der Waals surface area (Å²) in [7, 11) is 0. The van der Waals surface area contributed by atoms with Crippen LogP contribution in [0.3, 0.4) is 0 Å². The van der Waals surface area contributed by atoms with Gasteiger partial charge in [0.15, 0.2) is 5.78 Å². The van der Waals surface area contributed by atoms with Crippen molar-refractivity contribution in [3.63, 3.8) is 0 Å². The lowest BCUT2D eigenvalue weighted by atomic mass is 9.97. The first-order valence-corrected chi connectivity index (χ1v) is 8.03. The summed E-state index contributed by atoms with van der Waals surface area (Å²) in [6.45, 7) is 2.04. The zero-order chi connectivity index (χ0) is 14.8. The van der Waals surface area contributed by atoms with Gasteiger partial charge in [0.05, 0.1) is 0 Å². The molecule has 2 aromatic rings. The van der Waals surface area contributed by atoms with E-state index in [1.54, 1.807) is 0 Å². The Labute approximate surface area is 133 Å². The van der Waals surface area contributed by atoms with Crippen molar-refractivity contribution in [3.8, 4) is 0 Å². The van der Waals surface area contributed by atoms with Crippen molar-refractivity contribution in [2.75, 3.05) is 0 Å². The zero-order valence-corrected chi connectivity index (χ0v) is 13.6. The Morgan fingerprint density at radius 3 is 2.57 bits per heavy atom. The molecule has 0 amide bonds. The van der Waals surface area contributed by atoms with Gasteiger partial charge in [0.1, 0.15) is 0 Å². The van der Waals surface area contributed by atoms with Gasteiger partial charge >= 0.3 is 0 Å². The van der Waals surface area contributed by atoms with Crippen LogP contribution >= 0.6 is 15.9 Å². The topological polar surface area (TPSA) is 17.1 Å². The number of benzene rings is 2. The van der Waals surface area contributed by atoms with Crippen molar-refractivity contribution >= 4 is 27.8 Å². The van der Waals surface area contributed by atoms with E-state index in [1.165, 1.54) is 5.56 Å². The van der Waals surface area contributed by atoms with Gasteiger partial charge in [-0.1, -0.05) is 45.8 Å². The van der Waals surface area contributed by atoms with Crippen molar-refractivity contribution in [2.24, 2.45) is 0 Å². The molecule has 0 aromatic heterocycles. The molecule has 0 heterocycles. The molecule has 0 unspecified atom stereocenters. The Morgan fingerprint density at radius 2 is 1.81 bits per heavy atom. The lowest BCUT2D eigenvalue weighted by Gasteiger charge is -2.06. The van der Waals surface area contributed by atoms with Crippen molar-refractivity contribution in [1.82, 2.24) is 0 Å². The maximum Gasteiger partial charge on any atom is 0.189 e. The van der Waals surface area contributed by atoms with Crippen LogP contribution in [0.5, 0.6) is 0 Å². The molecule has 0 saturated carbocycles. The van der Waals surface area contributed by atoms with Gasteiger partial charge in [0, 0.05) is 15.6 Å². The third kappa shape index (κ3) is 3.16. The maximum atomic E-state index is 12.8. The van der Waals surface area contributed by atoms with E-state index in [0.29, 0.717) is 0 Å². The lowest BCUT2D eigenvalue weighted by Crippen LogP contribution is -2.04. The molecule has 0 radical (unpaired) electrons. The molecule has 0 atom stereocenters. The average molecular weight is 341 g/mol. The SMILES string of the molecule is Cc1ccc2c(c1)C(=O)/C(=C\c1ccc(Br)cc1)CCC2. The number of carbonyl (C=O) groups is 1. The first-order chi connectivity index (χ1) is 10.1. The molecule has 0 bridgehead atoms. The van der Waals surface area contributed by atoms with Gasteiger partial charge in [-0.2, -0.15) is 0 Å². The van der Waals surface area contributed by atoms with Gasteiger partial charge in [-0.15, -0.1) is 0 Å². The third-order valence-electron chi connectivity index (χ3n) is 3.90. The number of aryl methyl sites for hydroxylation is 2. The van der Waals surface area contributed by atoms with E-state index in [1.807, 2.05) is 43.3 Å². The largest absolute Gasteiger partial charge is 0.289 e. The highest BCUT2D eigenvalue weighted by Crippen LogP contribution is 2.26. The molecule has 1 aliphatic rings. The summed E-state index contributed by atoms with van der Waals surface area (Å²) in [5, 5.41) is 0. The number of fused-ring (bicyclic) bond motifs is 1. The Kier molecular flexibility index (Phi) is 4.07. The molecular formula is C19H17BrO. The number of hydrogen-bond donors (Lipinski definition) is 0. The summed E-state index contributed by atoms with van der Waals surface area (Å²) in [6, 6.07) is 14.3. The van der Waals surface area contributed by atoms with Crippen LogP contribution in [0.25, 0.3) is 6.08 Å². The monoisotopic (exact) mass is 340 g/mol. The second kappa shape index (κ2) is 5.98. The molecule has 1 aliphatic carbocycles. The minimum absolute atomic E-state index is 0.189. The fourth-order valence-electron chi connectivity index (χ4n) is 2.77. The molecule has 0 saturated heterocycles. The van der Waals surface area contributed by atoms with E-state index in [9.17, 15) is 4.79 Å². The Balaban J connectivity index is 2.00. The fourth-order valence-corrected chi connectivity index (χ4v) is 3.04. The standard InChI is InChI=1S/C19H17BrO/c1-13-5-8-15-3-2-4-16(19(21)18(15)11-13)12-14-6-9-17(20)10-7-14/h5-12H,2-4H2,1H3/b16-12-. The number of hydrogen-bond acceptors (Lipinski definition) is 1. The highest BCUT2D eigenvalue weighted by molar-refractivity contribution is 9.10. The quantitative estimate of drug-likeness (QED) is 0.504. The Hall–Kier alpha value is -1.67. The van der Waals surface area contributed by atoms with Crippen LogP contribution in [0, 0.1) is 6.92 Å². The second-order valence-corrected chi connectivity index (χ2v) is 6.48. The minimum atomic E-state index is 0.189. The molecule has 0 N–H and O–H groups in total. The number of ketones is 1. The Morgan fingerprint density at radius 1 is 1.05 bits per heavy atom. The van der Waals surface area contributed by atoms with Crippen molar-refractivity contribution in [3.05, 3.63) is 74.8 Å². The van der Waals surface area contributed by atoms with Gasteiger partial charge in [0.2, 0.25) is 0 Å². The fraction of sp³-hybridized carbons (Fsp3) is 0.211. The smallest absolute Gasteiger partial charge is 0.189 e. The van der Waals surface area contributed by atoms with Crippen LogP contribution in [0.1, 0.15) is 39.9 Å². The zero-order valence-electron chi connectivity index (χ0n) is 12.0. The molecule has 1 nitrogen and oxygen atoms in total. The molecule has 0 aliphatic heterocycles. The normalized spacial score (nSPS) is 16.7. The van der Waals surface area contributed by atoms with Crippen molar-refractivity contribution in [1.29, 1.82) is 0 Å². The molecule has 2 heteroatoms. The summed E-state index contributed by atoms with van der Waals surface area (Å²) in [5.74, 6) is 0.189. The van der Waals surface area contributed by atoms with Gasteiger partial charge < -0.3 is 0 Å². The molecule has 106 valence electrons. The van der Waals surface area contributed by atoms with Crippen molar-refractivity contribution in [2.45, 2.75) is 26.2 Å². The summed E-state index contributed by atoms with van der Waals surface area (Å²) >= 11 is 3.44.